The van der Waals surface area contributed by atoms with Crippen LogP contribution in [0.25, 0.3) is 0 Å². The van der Waals surface area contributed by atoms with Gasteiger partial charge in [-0.3, -0.25) is 0 Å². The van der Waals surface area contributed by atoms with Gasteiger partial charge < -0.3 is 20.4 Å². The minimum absolute atomic E-state index is 0.0138. The zero-order valence-electron chi connectivity index (χ0n) is 15.5. The molecule has 0 radical (unpaired) electrons. The minimum Gasteiger partial charge on any atom is -0.465 e. The molecule has 1 saturated heterocycles. The molecule has 1 aromatic rings. The first kappa shape index (κ1) is 20.7. The summed E-state index contributed by atoms with van der Waals surface area (Å²) in [6, 6.07) is 5.69. The zero-order valence-corrected chi connectivity index (χ0v) is 17.0. The third-order valence-corrected chi connectivity index (χ3v) is 6.81. The molecule has 1 aliphatic heterocycles. The van der Waals surface area contributed by atoms with E-state index in [9.17, 15) is 9.90 Å². The van der Waals surface area contributed by atoms with Gasteiger partial charge in [-0.15, -0.1) is 0 Å². The maximum absolute atomic E-state index is 11.5. The number of halogens is 2. The summed E-state index contributed by atoms with van der Waals surface area (Å²) in [5.41, 5.74) is 0.297. The fourth-order valence-electron chi connectivity index (χ4n) is 4.52. The van der Waals surface area contributed by atoms with Crippen LogP contribution in [0, 0.1) is 0 Å². The van der Waals surface area contributed by atoms with Crippen LogP contribution in [0.4, 0.5) is 4.79 Å². The highest BCUT2D eigenvalue weighted by atomic mass is 35.5. The summed E-state index contributed by atoms with van der Waals surface area (Å²) in [5, 5.41) is 24.0. The standard InChI is InChI=1S/C20H28Cl2N2O3/c21-17-5-4-14(12-18(17)22)16(20(27)8-2-1-3-9-20)13-24-10-6-15(7-11-24)23-19(25)26/h4-5,12,15-16,23,27H,1-3,6-11,13H2,(H,25,26). The molecule has 2 aliphatic rings. The van der Waals surface area contributed by atoms with Gasteiger partial charge in [-0.2, -0.15) is 0 Å². The van der Waals surface area contributed by atoms with Crippen molar-refractivity contribution in [3.63, 3.8) is 0 Å². The van der Waals surface area contributed by atoms with Gasteiger partial charge in [-0.1, -0.05) is 48.5 Å². The minimum atomic E-state index is -0.960. The summed E-state index contributed by atoms with van der Waals surface area (Å²) in [5.74, 6) is -0.0310. The second kappa shape index (κ2) is 8.99. The number of likely N-dealkylation sites (tertiary alicyclic amines) is 1. The highest BCUT2D eigenvalue weighted by molar-refractivity contribution is 6.42. The van der Waals surface area contributed by atoms with E-state index in [0.29, 0.717) is 10.0 Å². The van der Waals surface area contributed by atoms with Crippen molar-refractivity contribution in [1.82, 2.24) is 10.2 Å². The van der Waals surface area contributed by atoms with Crippen LogP contribution >= 0.6 is 23.2 Å². The average molecular weight is 415 g/mol. The van der Waals surface area contributed by atoms with Crippen molar-refractivity contribution in [2.45, 2.75) is 62.5 Å². The topological polar surface area (TPSA) is 72.8 Å². The Kier molecular flexibility index (Phi) is 6.90. The number of piperidine rings is 1. The predicted molar refractivity (Wildman–Crippen MR) is 108 cm³/mol. The van der Waals surface area contributed by atoms with Crippen LogP contribution < -0.4 is 5.32 Å². The molecule has 0 spiro atoms. The molecular formula is C20H28Cl2N2O3. The predicted octanol–water partition coefficient (Wildman–Crippen LogP) is 4.50. The molecule has 1 amide bonds. The van der Waals surface area contributed by atoms with Crippen LogP contribution in [-0.2, 0) is 0 Å². The third-order valence-electron chi connectivity index (χ3n) is 6.07. The maximum atomic E-state index is 11.5. The van der Waals surface area contributed by atoms with Crippen molar-refractivity contribution in [3.05, 3.63) is 33.8 Å². The average Bonchev–Trinajstić information content (AvgIpc) is 2.63. The Morgan fingerprint density at radius 3 is 2.44 bits per heavy atom. The van der Waals surface area contributed by atoms with Gasteiger partial charge in [-0.25, -0.2) is 4.79 Å². The summed E-state index contributed by atoms with van der Waals surface area (Å²) >= 11 is 12.4. The normalized spacial score (nSPS) is 22.3. The molecule has 3 N–H and O–H groups in total. The van der Waals surface area contributed by atoms with E-state index in [-0.39, 0.29) is 12.0 Å². The van der Waals surface area contributed by atoms with Crippen LogP contribution in [0.3, 0.4) is 0 Å². The number of carbonyl (C=O) groups is 1. The van der Waals surface area contributed by atoms with E-state index in [0.717, 1.165) is 63.7 Å². The Hall–Kier alpha value is -1.01. The molecule has 7 heteroatoms. The first-order chi connectivity index (χ1) is 12.9. The van der Waals surface area contributed by atoms with Crippen LogP contribution in [0.2, 0.25) is 10.0 Å². The Morgan fingerprint density at radius 1 is 1.19 bits per heavy atom. The highest BCUT2D eigenvalue weighted by Gasteiger charge is 2.40. The quantitative estimate of drug-likeness (QED) is 0.662. The monoisotopic (exact) mass is 414 g/mol. The summed E-state index contributed by atoms with van der Waals surface area (Å²) in [4.78, 5) is 13.2. The van der Waals surface area contributed by atoms with Gasteiger partial charge in [0.05, 0.1) is 15.6 Å². The molecular weight excluding hydrogens is 387 g/mol. The van der Waals surface area contributed by atoms with Crippen LogP contribution in [0.5, 0.6) is 0 Å². The molecule has 5 nitrogen and oxygen atoms in total. The molecule has 3 rings (SSSR count). The van der Waals surface area contributed by atoms with Crippen molar-refractivity contribution in [2.75, 3.05) is 19.6 Å². The fourth-order valence-corrected chi connectivity index (χ4v) is 4.83. The van der Waals surface area contributed by atoms with Gasteiger partial charge in [0, 0.05) is 31.6 Å². The van der Waals surface area contributed by atoms with E-state index in [1.54, 1.807) is 6.07 Å². The lowest BCUT2D eigenvalue weighted by Crippen LogP contribution is -2.49. The lowest BCUT2D eigenvalue weighted by atomic mass is 9.72. The number of amides is 1. The molecule has 1 heterocycles. The molecule has 27 heavy (non-hydrogen) atoms. The number of benzene rings is 1. The molecule has 1 aliphatic carbocycles. The van der Waals surface area contributed by atoms with E-state index < -0.39 is 11.7 Å². The van der Waals surface area contributed by atoms with E-state index in [1.807, 2.05) is 12.1 Å². The van der Waals surface area contributed by atoms with E-state index >= 15 is 0 Å². The fraction of sp³-hybridized carbons (Fsp3) is 0.650. The number of hydrogen-bond donors (Lipinski definition) is 3. The van der Waals surface area contributed by atoms with Crippen molar-refractivity contribution in [1.29, 1.82) is 0 Å². The molecule has 1 aromatic carbocycles. The largest absolute Gasteiger partial charge is 0.465 e. The summed E-state index contributed by atoms with van der Waals surface area (Å²) in [6.07, 6.45) is 5.47. The van der Waals surface area contributed by atoms with Gasteiger partial charge in [-0.05, 0) is 43.4 Å². The summed E-state index contributed by atoms with van der Waals surface area (Å²) in [7, 11) is 0. The lowest BCUT2D eigenvalue weighted by molar-refractivity contribution is -0.0326. The Bertz CT molecular complexity index is 657. The van der Waals surface area contributed by atoms with Gasteiger partial charge in [0.15, 0.2) is 0 Å². The number of aliphatic hydroxyl groups is 1. The molecule has 1 atom stereocenters. The van der Waals surface area contributed by atoms with Crippen LogP contribution in [-0.4, -0.2) is 52.5 Å². The van der Waals surface area contributed by atoms with Crippen molar-refractivity contribution < 1.29 is 15.0 Å². The molecule has 2 fully saturated rings. The first-order valence-electron chi connectivity index (χ1n) is 9.76. The number of carboxylic acid groups (broad SMARTS) is 1. The van der Waals surface area contributed by atoms with E-state index in [2.05, 4.69) is 10.2 Å². The SMILES string of the molecule is O=C(O)NC1CCN(CC(c2ccc(Cl)c(Cl)c2)C2(O)CCCCC2)CC1. The number of nitrogens with one attached hydrogen (secondary N) is 1. The lowest BCUT2D eigenvalue weighted by Gasteiger charge is -2.43. The molecule has 0 bridgehead atoms. The molecule has 150 valence electrons. The second-order valence-corrected chi connectivity index (χ2v) is 8.73. The van der Waals surface area contributed by atoms with Gasteiger partial charge in [0.2, 0.25) is 0 Å². The third kappa shape index (κ3) is 5.29. The van der Waals surface area contributed by atoms with Crippen LogP contribution in [0.15, 0.2) is 18.2 Å². The van der Waals surface area contributed by atoms with Crippen molar-refractivity contribution in [2.24, 2.45) is 0 Å². The number of nitrogens with zero attached hydrogens (tertiary/aromatic N) is 1. The molecule has 1 saturated carbocycles. The molecule has 0 aromatic heterocycles. The second-order valence-electron chi connectivity index (χ2n) is 7.91. The van der Waals surface area contributed by atoms with Crippen molar-refractivity contribution >= 4 is 29.3 Å². The van der Waals surface area contributed by atoms with Crippen molar-refractivity contribution in [3.8, 4) is 0 Å². The van der Waals surface area contributed by atoms with E-state index in [4.69, 9.17) is 28.3 Å². The summed E-state index contributed by atoms with van der Waals surface area (Å²) < 4.78 is 0. The summed E-state index contributed by atoms with van der Waals surface area (Å²) in [6.45, 7) is 2.38. The maximum Gasteiger partial charge on any atom is 0.404 e. The Labute approximate surface area is 170 Å². The zero-order chi connectivity index (χ0) is 19.4. The number of hydrogen-bond acceptors (Lipinski definition) is 3. The van der Waals surface area contributed by atoms with E-state index in [1.165, 1.54) is 6.42 Å². The molecule has 1 unspecified atom stereocenters. The Morgan fingerprint density at radius 2 is 1.85 bits per heavy atom. The highest BCUT2D eigenvalue weighted by Crippen LogP contribution is 2.42. The van der Waals surface area contributed by atoms with Gasteiger partial charge >= 0.3 is 6.09 Å². The van der Waals surface area contributed by atoms with Gasteiger partial charge in [0.1, 0.15) is 0 Å². The van der Waals surface area contributed by atoms with Gasteiger partial charge in [0.25, 0.3) is 0 Å². The smallest absolute Gasteiger partial charge is 0.404 e. The Balaban J connectivity index is 1.74. The number of rotatable bonds is 5. The first-order valence-corrected chi connectivity index (χ1v) is 10.5. The van der Waals surface area contributed by atoms with Crippen LogP contribution in [0.1, 0.15) is 56.4 Å².